The summed E-state index contributed by atoms with van der Waals surface area (Å²) in [7, 11) is 0. The molecule has 3 rings (SSSR count). The van der Waals surface area contributed by atoms with E-state index in [1.165, 1.54) is 0 Å². The lowest BCUT2D eigenvalue weighted by molar-refractivity contribution is -0.137. The fourth-order valence-electron chi connectivity index (χ4n) is 4.26. The number of hydrogen-bond donors (Lipinski definition) is 3. The van der Waals surface area contributed by atoms with Crippen LogP contribution in [-0.4, -0.2) is 46.2 Å². The molecule has 5 nitrogen and oxygen atoms in total. The van der Waals surface area contributed by atoms with E-state index < -0.39 is 17.7 Å². The molecule has 0 aromatic heterocycles. The molecule has 20 heavy (non-hydrogen) atoms. The lowest BCUT2D eigenvalue weighted by atomic mass is 9.78. The molecule has 0 spiro atoms. The smallest absolute Gasteiger partial charge is 0.334 e. The molecular formula is C15H22O5. The normalized spacial score (nSPS) is 47.9. The number of cyclic esters (lactones) is 1. The molecule has 0 unspecified atom stereocenters. The molecule has 5 heteroatoms. The van der Waals surface area contributed by atoms with Gasteiger partial charge >= 0.3 is 5.97 Å². The Hall–Kier alpha value is -0.910. The van der Waals surface area contributed by atoms with Crippen LogP contribution in [0.3, 0.4) is 0 Å². The number of carbonyl (C=O) groups excluding carboxylic acids is 1. The Bertz CT molecular complexity index is 481. The van der Waals surface area contributed by atoms with Crippen LogP contribution in [0.15, 0.2) is 11.1 Å². The van der Waals surface area contributed by atoms with E-state index in [4.69, 9.17) is 4.74 Å². The van der Waals surface area contributed by atoms with Crippen molar-refractivity contribution in [2.45, 2.75) is 44.8 Å². The van der Waals surface area contributed by atoms with E-state index in [9.17, 15) is 20.1 Å². The third-order valence-electron chi connectivity index (χ3n) is 5.43. The van der Waals surface area contributed by atoms with Gasteiger partial charge in [0.2, 0.25) is 0 Å². The van der Waals surface area contributed by atoms with E-state index in [0.29, 0.717) is 24.0 Å². The first-order chi connectivity index (χ1) is 9.27. The molecule has 0 radical (unpaired) electrons. The van der Waals surface area contributed by atoms with Crippen LogP contribution in [0.5, 0.6) is 0 Å². The van der Waals surface area contributed by atoms with Gasteiger partial charge in [-0.05, 0) is 37.0 Å². The van der Waals surface area contributed by atoms with E-state index in [-0.39, 0.29) is 36.9 Å². The fraction of sp³-hybridized carbons (Fsp3) is 0.800. The van der Waals surface area contributed by atoms with Crippen molar-refractivity contribution in [3.63, 3.8) is 0 Å². The Labute approximate surface area is 118 Å². The Morgan fingerprint density at radius 1 is 1.35 bits per heavy atom. The number of aliphatic hydroxyl groups is 3. The molecule has 2 aliphatic carbocycles. The second kappa shape index (κ2) is 4.29. The van der Waals surface area contributed by atoms with Gasteiger partial charge in [0, 0.05) is 24.2 Å². The van der Waals surface area contributed by atoms with E-state index in [1.54, 1.807) is 6.92 Å². The average molecular weight is 282 g/mol. The van der Waals surface area contributed by atoms with Crippen molar-refractivity contribution < 1.29 is 24.9 Å². The van der Waals surface area contributed by atoms with Crippen LogP contribution in [0.1, 0.15) is 33.1 Å². The molecular weight excluding hydrogens is 260 g/mol. The Kier molecular flexibility index (Phi) is 3.01. The molecule has 0 aromatic rings. The molecule has 0 amide bonds. The molecule has 0 bridgehead atoms. The molecule has 1 aliphatic heterocycles. The third-order valence-corrected chi connectivity index (χ3v) is 5.43. The summed E-state index contributed by atoms with van der Waals surface area (Å²) in [5.74, 6) is -0.665. The summed E-state index contributed by atoms with van der Waals surface area (Å²) in [6, 6.07) is 0. The highest BCUT2D eigenvalue weighted by atomic mass is 16.5. The number of carbonyl (C=O) groups is 1. The topological polar surface area (TPSA) is 87.0 Å². The van der Waals surface area contributed by atoms with Gasteiger partial charge in [-0.25, -0.2) is 4.79 Å². The van der Waals surface area contributed by atoms with Crippen molar-refractivity contribution in [1.82, 2.24) is 0 Å². The van der Waals surface area contributed by atoms with Crippen LogP contribution in [0.4, 0.5) is 0 Å². The van der Waals surface area contributed by atoms with E-state index in [0.717, 1.165) is 0 Å². The highest BCUT2D eigenvalue weighted by molar-refractivity contribution is 5.92. The predicted octanol–water partition coefficient (Wildman–Crippen LogP) is 0.380. The standard InChI is InChI=1S/C15H22O5/c1-14(7-16)3-9-11(5-14)15(2,19)4-8-10(12(9)17)6-20-13(8)18/h9,11-12,16-17,19H,3-7H2,1-2H3/t9-,11+,12+,14+,15-/m0/s1. The number of aliphatic hydroxyl groups excluding tert-OH is 2. The highest BCUT2D eigenvalue weighted by Crippen LogP contribution is 2.55. The Morgan fingerprint density at radius 3 is 2.70 bits per heavy atom. The first-order valence-corrected chi connectivity index (χ1v) is 7.18. The lowest BCUT2D eigenvalue weighted by Crippen LogP contribution is -2.39. The maximum Gasteiger partial charge on any atom is 0.334 e. The molecule has 1 fully saturated rings. The second-order valence-corrected chi connectivity index (χ2v) is 7.21. The predicted molar refractivity (Wildman–Crippen MR) is 70.6 cm³/mol. The Balaban J connectivity index is 2.01. The maximum absolute atomic E-state index is 11.8. The number of esters is 1. The third kappa shape index (κ3) is 1.91. The second-order valence-electron chi connectivity index (χ2n) is 7.21. The summed E-state index contributed by atoms with van der Waals surface area (Å²) >= 11 is 0. The molecule has 112 valence electrons. The summed E-state index contributed by atoms with van der Waals surface area (Å²) in [4.78, 5) is 11.8. The van der Waals surface area contributed by atoms with Crippen molar-refractivity contribution in [2.24, 2.45) is 17.3 Å². The van der Waals surface area contributed by atoms with Gasteiger partial charge in [-0.2, -0.15) is 0 Å². The van der Waals surface area contributed by atoms with Gasteiger partial charge in [0.15, 0.2) is 0 Å². The fourth-order valence-corrected chi connectivity index (χ4v) is 4.26. The van der Waals surface area contributed by atoms with Gasteiger partial charge in [0.05, 0.1) is 11.7 Å². The zero-order chi connectivity index (χ0) is 14.7. The summed E-state index contributed by atoms with van der Waals surface area (Å²) in [5.41, 5.74) is -0.256. The summed E-state index contributed by atoms with van der Waals surface area (Å²) in [5, 5.41) is 31.0. The zero-order valence-corrected chi connectivity index (χ0v) is 11.9. The number of rotatable bonds is 1. The van der Waals surface area contributed by atoms with Crippen molar-refractivity contribution in [1.29, 1.82) is 0 Å². The minimum Gasteiger partial charge on any atom is -0.458 e. The summed E-state index contributed by atoms with van der Waals surface area (Å²) in [6.45, 7) is 3.88. The molecule has 0 saturated heterocycles. The van der Waals surface area contributed by atoms with Crippen LogP contribution >= 0.6 is 0 Å². The van der Waals surface area contributed by atoms with Crippen LogP contribution in [0, 0.1) is 17.3 Å². The highest BCUT2D eigenvalue weighted by Gasteiger charge is 2.55. The lowest BCUT2D eigenvalue weighted by Gasteiger charge is -2.34. The monoisotopic (exact) mass is 282 g/mol. The molecule has 3 N–H and O–H groups in total. The van der Waals surface area contributed by atoms with Gasteiger partial charge in [-0.3, -0.25) is 0 Å². The van der Waals surface area contributed by atoms with E-state index in [1.807, 2.05) is 6.92 Å². The van der Waals surface area contributed by atoms with Crippen molar-refractivity contribution in [3.05, 3.63) is 11.1 Å². The quantitative estimate of drug-likeness (QED) is 0.605. The Morgan fingerprint density at radius 2 is 2.05 bits per heavy atom. The summed E-state index contributed by atoms with van der Waals surface area (Å²) < 4.78 is 5.01. The van der Waals surface area contributed by atoms with E-state index in [2.05, 4.69) is 0 Å². The maximum atomic E-state index is 11.8. The molecule has 1 heterocycles. The number of hydrogen-bond acceptors (Lipinski definition) is 5. The first kappa shape index (κ1) is 14.0. The van der Waals surface area contributed by atoms with Gasteiger partial charge in [-0.1, -0.05) is 6.92 Å². The van der Waals surface area contributed by atoms with Gasteiger partial charge in [0.25, 0.3) is 0 Å². The minimum absolute atomic E-state index is 0.0458. The van der Waals surface area contributed by atoms with Crippen molar-refractivity contribution in [3.8, 4) is 0 Å². The van der Waals surface area contributed by atoms with Crippen molar-refractivity contribution >= 4 is 5.97 Å². The largest absolute Gasteiger partial charge is 0.458 e. The zero-order valence-electron chi connectivity index (χ0n) is 11.9. The van der Waals surface area contributed by atoms with E-state index >= 15 is 0 Å². The van der Waals surface area contributed by atoms with Crippen LogP contribution in [0.25, 0.3) is 0 Å². The van der Waals surface area contributed by atoms with Gasteiger partial charge in [0.1, 0.15) is 6.61 Å². The molecule has 5 atom stereocenters. The van der Waals surface area contributed by atoms with Gasteiger partial charge in [-0.15, -0.1) is 0 Å². The van der Waals surface area contributed by atoms with Crippen molar-refractivity contribution in [2.75, 3.05) is 13.2 Å². The average Bonchev–Trinajstić information content (AvgIpc) is 2.90. The molecule has 1 saturated carbocycles. The number of ether oxygens (including phenoxy) is 1. The van der Waals surface area contributed by atoms with Crippen LogP contribution in [0.2, 0.25) is 0 Å². The van der Waals surface area contributed by atoms with Gasteiger partial charge < -0.3 is 20.1 Å². The van der Waals surface area contributed by atoms with Crippen LogP contribution in [-0.2, 0) is 9.53 Å². The first-order valence-electron chi connectivity index (χ1n) is 7.18. The minimum atomic E-state index is -1.06. The molecule has 3 aliphatic rings. The summed E-state index contributed by atoms with van der Waals surface area (Å²) in [6.07, 6.45) is 0.773. The number of fused-ring (bicyclic) bond motifs is 1. The SMILES string of the molecule is C[C@@]1(CO)C[C@H]2[C@@H](C1)[C@@](C)(O)CC1=C(COC1=O)[C@@H]2O. The van der Waals surface area contributed by atoms with Crippen LogP contribution < -0.4 is 0 Å². The molecule has 0 aromatic carbocycles.